The molecule has 1 saturated carbocycles. The highest BCUT2D eigenvalue weighted by Gasteiger charge is 2.44. The summed E-state index contributed by atoms with van der Waals surface area (Å²) in [5.74, 6) is 0.245. The highest BCUT2D eigenvalue weighted by molar-refractivity contribution is 7.90. The van der Waals surface area contributed by atoms with E-state index < -0.39 is 16.1 Å². The first-order chi connectivity index (χ1) is 17.5. The first-order valence-corrected chi connectivity index (χ1v) is 14.8. The van der Waals surface area contributed by atoms with Gasteiger partial charge in [-0.05, 0) is 60.5 Å². The number of anilines is 1. The van der Waals surface area contributed by atoms with Gasteiger partial charge >= 0.3 is 6.03 Å². The van der Waals surface area contributed by atoms with E-state index in [1.807, 2.05) is 11.1 Å². The monoisotopic (exact) mass is 520 g/mol. The van der Waals surface area contributed by atoms with Crippen molar-refractivity contribution in [2.45, 2.75) is 55.5 Å². The molecule has 2 aliphatic carbocycles. The van der Waals surface area contributed by atoms with Crippen LogP contribution in [0.5, 0.6) is 0 Å². The van der Waals surface area contributed by atoms with Gasteiger partial charge < -0.3 is 5.32 Å². The van der Waals surface area contributed by atoms with E-state index in [1.165, 1.54) is 16.0 Å². The molecule has 2 aromatic carbocycles. The van der Waals surface area contributed by atoms with Crippen molar-refractivity contribution in [3.8, 4) is 0 Å². The molecule has 3 aromatic rings. The molecule has 1 fully saturated rings. The lowest BCUT2D eigenvalue weighted by Gasteiger charge is -2.26. The largest absolute Gasteiger partial charge is 0.335 e. The summed E-state index contributed by atoms with van der Waals surface area (Å²) in [7, 11) is -3.98. The van der Waals surface area contributed by atoms with Crippen LogP contribution in [-0.2, 0) is 16.4 Å². The summed E-state index contributed by atoms with van der Waals surface area (Å²) in [6.45, 7) is 0. The van der Waals surface area contributed by atoms with Crippen molar-refractivity contribution in [1.82, 2.24) is 10.0 Å². The third-order valence-electron chi connectivity index (χ3n) is 7.36. The molecule has 2 N–H and O–H groups in total. The average Bonchev–Trinajstić information content (AvgIpc) is 3.60. The molecule has 9 heteroatoms. The molecule has 0 spiro atoms. The lowest BCUT2D eigenvalue weighted by Crippen LogP contribution is -2.45. The Morgan fingerprint density at radius 1 is 0.972 bits per heavy atom. The van der Waals surface area contributed by atoms with Gasteiger partial charge in [0.2, 0.25) is 0 Å². The summed E-state index contributed by atoms with van der Waals surface area (Å²) in [5.41, 5.74) is 4.42. The molecular formula is C27H28N4O3S2. The second-order valence-electron chi connectivity index (χ2n) is 9.67. The Labute approximate surface area is 215 Å². The Kier molecular flexibility index (Phi) is 6.05. The molecule has 0 bridgehead atoms. The molecule has 1 aromatic heterocycles. The lowest BCUT2D eigenvalue weighted by molar-refractivity contribution is 0.237. The summed E-state index contributed by atoms with van der Waals surface area (Å²) in [6, 6.07) is 18.6. The zero-order valence-electron chi connectivity index (χ0n) is 19.8. The fourth-order valence-corrected chi connectivity index (χ4v) is 7.43. The Bertz CT molecular complexity index is 1400. The predicted molar refractivity (Wildman–Crippen MR) is 142 cm³/mol. The van der Waals surface area contributed by atoms with Crippen LogP contribution in [0.1, 0.15) is 54.1 Å². The van der Waals surface area contributed by atoms with E-state index in [-0.39, 0.29) is 22.9 Å². The molecule has 2 amide bonds. The van der Waals surface area contributed by atoms with E-state index >= 15 is 0 Å². The second kappa shape index (κ2) is 9.37. The zero-order chi connectivity index (χ0) is 24.7. The summed E-state index contributed by atoms with van der Waals surface area (Å²) in [6.07, 6.45) is 5.97. The Morgan fingerprint density at radius 3 is 2.50 bits per heavy atom. The van der Waals surface area contributed by atoms with Crippen LogP contribution in [0.3, 0.4) is 0 Å². The number of thiophene rings is 1. The van der Waals surface area contributed by atoms with Crippen LogP contribution in [0, 0.1) is 5.92 Å². The average molecular weight is 521 g/mol. The van der Waals surface area contributed by atoms with E-state index in [0.29, 0.717) is 0 Å². The minimum Gasteiger partial charge on any atom is -0.335 e. The SMILES string of the molecule is O=C(NC1CCCCC1)NS(=O)(=O)c1ccc(N2N=C3c4ccccc4CC3C2c2cccs2)cc1. The predicted octanol–water partition coefficient (Wildman–Crippen LogP) is 5.21. The van der Waals surface area contributed by atoms with E-state index in [1.54, 1.807) is 35.6 Å². The van der Waals surface area contributed by atoms with Crippen LogP contribution in [0.4, 0.5) is 10.5 Å². The number of hydrazone groups is 1. The van der Waals surface area contributed by atoms with Gasteiger partial charge in [0.25, 0.3) is 10.0 Å². The number of nitrogens with one attached hydrogen (secondary N) is 2. The summed E-state index contributed by atoms with van der Waals surface area (Å²) >= 11 is 1.71. The molecule has 186 valence electrons. The van der Waals surface area contributed by atoms with Crippen LogP contribution < -0.4 is 15.0 Å². The number of amides is 2. The zero-order valence-corrected chi connectivity index (χ0v) is 21.4. The maximum Gasteiger partial charge on any atom is 0.328 e. The smallest absolute Gasteiger partial charge is 0.328 e. The second-order valence-corrected chi connectivity index (χ2v) is 12.3. The Morgan fingerprint density at radius 2 is 1.75 bits per heavy atom. The molecule has 2 heterocycles. The standard InChI is InChI=1S/C27H28N4O3S2/c32-27(28-19-8-2-1-3-9-19)30-36(33,34)21-14-12-20(13-15-21)31-26(24-11-6-16-35-24)23-17-18-7-4-5-10-22(18)25(23)29-31/h4-7,10-16,19,23,26H,1-3,8-9,17H2,(H2,28,30,32). The van der Waals surface area contributed by atoms with Crippen molar-refractivity contribution >= 4 is 38.8 Å². The summed E-state index contributed by atoms with van der Waals surface area (Å²) in [4.78, 5) is 13.6. The molecule has 2 atom stereocenters. The van der Waals surface area contributed by atoms with E-state index in [4.69, 9.17) is 5.10 Å². The number of hydrogen-bond acceptors (Lipinski definition) is 6. The number of carbonyl (C=O) groups excluding carboxylic acids is 1. The van der Waals surface area contributed by atoms with Crippen molar-refractivity contribution in [2.24, 2.45) is 11.0 Å². The molecule has 0 radical (unpaired) electrons. The molecule has 0 saturated heterocycles. The van der Waals surface area contributed by atoms with Gasteiger partial charge in [-0.25, -0.2) is 17.9 Å². The van der Waals surface area contributed by atoms with E-state index in [9.17, 15) is 13.2 Å². The van der Waals surface area contributed by atoms with Crippen LogP contribution >= 0.6 is 11.3 Å². The molecule has 1 aliphatic heterocycles. The third-order valence-corrected chi connectivity index (χ3v) is 9.65. The topological polar surface area (TPSA) is 90.9 Å². The van der Waals surface area contributed by atoms with Gasteiger partial charge in [0.15, 0.2) is 0 Å². The first kappa shape index (κ1) is 23.2. The van der Waals surface area contributed by atoms with Crippen LogP contribution in [0.2, 0.25) is 0 Å². The van der Waals surface area contributed by atoms with E-state index in [0.717, 1.165) is 49.9 Å². The van der Waals surface area contributed by atoms with Crippen LogP contribution in [-0.4, -0.2) is 26.2 Å². The number of rotatable bonds is 5. The number of carbonyl (C=O) groups is 1. The molecule has 2 unspecified atom stereocenters. The summed E-state index contributed by atoms with van der Waals surface area (Å²) < 4.78 is 27.9. The van der Waals surface area contributed by atoms with Gasteiger partial charge in [-0.15, -0.1) is 11.3 Å². The highest BCUT2D eigenvalue weighted by Crippen LogP contribution is 2.47. The van der Waals surface area contributed by atoms with Crippen molar-refractivity contribution < 1.29 is 13.2 Å². The van der Waals surface area contributed by atoms with Gasteiger partial charge in [0.05, 0.1) is 22.3 Å². The molecule has 36 heavy (non-hydrogen) atoms. The van der Waals surface area contributed by atoms with Gasteiger partial charge in [0, 0.05) is 22.4 Å². The number of hydrogen-bond donors (Lipinski definition) is 2. The minimum atomic E-state index is -3.98. The highest BCUT2D eigenvalue weighted by atomic mass is 32.2. The molecule has 7 nitrogen and oxygen atoms in total. The van der Waals surface area contributed by atoms with Gasteiger partial charge in [0.1, 0.15) is 0 Å². The maximum atomic E-state index is 12.9. The Hall–Kier alpha value is -3.17. The van der Waals surface area contributed by atoms with Gasteiger partial charge in [-0.3, -0.25) is 5.01 Å². The van der Waals surface area contributed by atoms with Crippen molar-refractivity contribution in [1.29, 1.82) is 0 Å². The van der Waals surface area contributed by atoms with Crippen LogP contribution in [0.15, 0.2) is 76.0 Å². The molecular weight excluding hydrogens is 492 g/mol. The normalized spacial score (nSPS) is 21.6. The third kappa shape index (κ3) is 4.30. The number of sulfonamides is 1. The fourth-order valence-electron chi connectivity index (χ4n) is 5.64. The number of nitrogens with zero attached hydrogens (tertiary/aromatic N) is 2. The van der Waals surface area contributed by atoms with Gasteiger partial charge in [-0.1, -0.05) is 49.6 Å². The maximum absolute atomic E-state index is 12.9. The van der Waals surface area contributed by atoms with Gasteiger partial charge in [-0.2, -0.15) is 5.10 Å². The molecule has 3 aliphatic rings. The minimum absolute atomic E-state index is 0.0318. The van der Waals surface area contributed by atoms with Crippen molar-refractivity contribution in [3.63, 3.8) is 0 Å². The fraction of sp³-hybridized carbons (Fsp3) is 0.333. The van der Waals surface area contributed by atoms with Crippen molar-refractivity contribution in [2.75, 3.05) is 5.01 Å². The van der Waals surface area contributed by atoms with Crippen LogP contribution in [0.25, 0.3) is 0 Å². The quantitative estimate of drug-likeness (QED) is 0.483. The number of benzene rings is 2. The summed E-state index contributed by atoms with van der Waals surface area (Å²) in [5, 5.41) is 11.9. The molecule has 6 rings (SSSR count). The van der Waals surface area contributed by atoms with E-state index in [2.05, 4.69) is 45.8 Å². The van der Waals surface area contributed by atoms with Crippen molar-refractivity contribution in [3.05, 3.63) is 82.0 Å². The first-order valence-electron chi connectivity index (χ1n) is 12.4. The number of urea groups is 1. The lowest BCUT2D eigenvalue weighted by atomic mass is 9.94. The Balaban J connectivity index is 1.24. The number of fused-ring (bicyclic) bond motifs is 3.